The lowest BCUT2D eigenvalue weighted by molar-refractivity contribution is -0.0259. The van der Waals surface area contributed by atoms with E-state index in [1.807, 2.05) is 99.4 Å². The lowest BCUT2D eigenvalue weighted by Crippen LogP contribution is -2.62. The van der Waals surface area contributed by atoms with Crippen LogP contribution in [0.1, 0.15) is 91.8 Å². The molecule has 5 aromatic rings. The Hall–Kier alpha value is -5.35. The summed E-state index contributed by atoms with van der Waals surface area (Å²) in [6.07, 6.45) is 12.4. The first-order valence-corrected chi connectivity index (χ1v) is 24.5. The van der Waals surface area contributed by atoms with Gasteiger partial charge in [-0.05, 0) is 110 Å². The third-order valence-electron chi connectivity index (χ3n) is 14.0. The molecule has 3 fully saturated rings. The van der Waals surface area contributed by atoms with E-state index < -0.39 is 31.5 Å². The number of nitrogens with one attached hydrogen (secondary N) is 1. The number of carbonyl (C=O) groups excluding carboxylic acids is 1. The zero-order chi connectivity index (χ0) is 46.1. The number of pyridine rings is 1. The normalized spacial score (nSPS) is 23.5. The molecule has 65 heavy (non-hydrogen) atoms. The molecule has 1 saturated carbocycles. The number of allylic oxidation sites excluding steroid dienone is 3. The minimum absolute atomic E-state index is 0.0202. The molecule has 0 bridgehead atoms. The Kier molecular flexibility index (Phi) is 11.6. The summed E-state index contributed by atoms with van der Waals surface area (Å²) in [7, 11) is -4.06. The van der Waals surface area contributed by atoms with Gasteiger partial charge in [0.2, 0.25) is 16.0 Å². The van der Waals surface area contributed by atoms with Crippen molar-refractivity contribution in [1.82, 2.24) is 28.7 Å². The number of hydrogen-bond acceptors (Lipinski definition) is 11. The fourth-order valence-corrected chi connectivity index (χ4v) is 11.9. The first-order chi connectivity index (χ1) is 30.9. The van der Waals surface area contributed by atoms with Crippen molar-refractivity contribution in [1.29, 1.82) is 0 Å². The molecule has 2 aromatic carbocycles. The van der Waals surface area contributed by atoms with Gasteiger partial charge in [0.1, 0.15) is 21.5 Å². The summed E-state index contributed by atoms with van der Waals surface area (Å²) >= 11 is 0. The molecule has 0 radical (unpaired) electrons. The molecule has 14 nitrogen and oxygen atoms in total. The van der Waals surface area contributed by atoms with E-state index in [-0.39, 0.29) is 36.3 Å². The van der Waals surface area contributed by atoms with Crippen molar-refractivity contribution >= 4 is 43.9 Å². The lowest BCUT2D eigenvalue weighted by Gasteiger charge is -2.49. The van der Waals surface area contributed by atoms with Gasteiger partial charge in [-0.1, -0.05) is 60.2 Å². The molecular weight excluding hydrogens is 841 g/mol. The molecule has 4 atom stereocenters. The molecule has 9 rings (SSSR count). The highest BCUT2D eigenvalue weighted by Gasteiger charge is 2.45. The number of piperidine rings is 1. The van der Waals surface area contributed by atoms with Gasteiger partial charge in [0.15, 0.2) is 0 Å². The van der Waals surface area contributed by atoms with Crippen molar-refractivity contribution in [3.8, 4) is 11.1 Å². The Morgan fingerprint density at radius 1 is 0.969 bits per heavy atom. The minimum atomic E-state index is -4.06. The number of aromatic nitrogens is 4. The number of anilines is 1. The van der Waals surface area contributed by atoms with Crippen LogP contribution in [-0.4, -0.2) is 111 Å². The topological polar surface area (TPSA) is 169 Å². The Labute approximate surface area is 381 Å². The third kappa shape index (κ3) is 8.08. The van der Waals surface area contributed by atoms with Crippen LogP contribution < -0.4 is 16.2 Å². The molecule has 2 saturated heterocycles. The van der Waals surface area contributed by atoms with E-state index in [1.165, 1.54) is 6.20 Å². The first kappa shape index (κ1) is 44.8. The van der Waals surface area contributed by atoms with Gasteiger partial charge < -0.3 is 30.0 Å². The Morgan fingerprint density at radius 3 is 2.38 bits per heavy atom. The largest absolute Gasteiger partial charge is 0.444 e. The van der Waals surface area contributed by atoms with Gasteiger partial charge in [-0.2, -0.15) is 0 Å². The summed E-state index contributed by atoms with van der Waals surface area (Å²) in [4.78, 5) is 46.9. The Bertz CT molecular complexity index is 2860. The van der Waals surface area contributed by atoms with Crippen LogP contribution in [0, 0.1) is 0 Å². The quantitative estimate of drug-likeness (QED) is 0.143. The van der Waals surface area contributed by atoms with Crippen molar-refractivity contribution in [3.05, 3.63) is 112 Å². The van der Waals surface area contributed by atoms with Gasteiger partial charge in [-0.3, -0.25) is 9.69 Å². The smallest absolute Gasteiger partial charge is 0.410 e. The Balaban J connectivity index is 1.09. The van der Waals surface area contributed by atoms with E-state index in [9.17, 15) is 18.0 Å². The van der Waals surface area contributed by atoms with Crippen molar-refractivity contribution in [2.45, 2.75) is 121 Å². The number of ether oxygens (including phenoxy) is 2. The fourth-order valence-electron chi connectivity index (χ4n) is 10.0. The number of nitrogens with two attached hydrogens (primary N) is 1. The summed E-state index contributed by atoms with van der Waals surface area (Å²) in [6, 6.07) is 18.2. The SMILES string of the molecule is CC1=CC=CCC1(C)S(=O)(=O)n1ccc2c(-c3ccc4nc(N5CCC(N6C[C@@H](C)N(C(=O)OC(C)(C)C)C[C@@H]6C)CC5)nc(C(CN)(OC5CC5)c5ccccc5)c4c3)c[nH]c(=O)c21. The van der Waals surface area contributed by atoms with Gasteiger partial charge in [0.05, 0.1) is 17.3 Å². The number of fused-ring (bicyclic) bond motifs is 2. The van der Waals surface area contributed by atoms with Crippen LogP contribution >= 0.6 is 0 Å². The summed E-state index contributed by atoms with van der Waals surface area (Å²) in [5.74, 6) is 0.604. The summed E-state index contributed by atoms with van der Waals surface area (Å²) in [5.41, 5.74) is 9.15. The second-order valence-corrected chi connectivity index (χ2v) is 21.9. The van der Waals surface area contributed by atoms with Crippen molar-refractivity contribution in [3.63, 3.8) is 0 Å². The monoisotopic (exact) mass is 902 g/mol. The Morgan fingerprint density at radius 2 is 1.71 bits per heavy atom. The highest BCUT2D eigenvalue weighted by atomic mass is 32.2. The van der Waals surface area contributed by atoms with E-state index in [1.54, 1.807) is 19.2 Å². The van der Waals surface area contributed by atoms with Crippen LogP contribution in [0.25, 0.3) is 32.9 Å². The molecule has 3 N–H and O–H groups in total. The first-order valence-electron chi connectivity index (χ1n) is 23.0. The predicted molar refractivity (Wildman–Crippen MR) is 256 cm³/mol. The molecule has 2 aliphatic carbocycles. The number of amides is 1. The van der Waals surface area contributed by atoms with E-state index in [2.05, 4.69) is 28.6 Å². The maximum absolute atomic E-state index is 14.4. The van der Waals surface area contributed by atoms with Gasteiger partial charge in [0, 0.05) is 79.6 Å². The molecule has 15 heteroatoms. The number of carbonyl (C=O) groups is 1. The molecule has 1 amide bonds. The van der Waals surface area contributed by atoms with E-state index in [0.29, 0.717) is 52.7 Å². The van der Waals surface area contributed by atoms with Gasteiger partial charge in [0.25, 0.3) is 5.56 Å². The predicted octanol–water partition coefficient (Wildman–Crippen LogP) is 7.46. The summed E-state index contributed by atoms with van der Waals surface area (Å²) in [5, 5.41) is 1.25. The molecule has 2 aliphatic heterocycles. The van der Waals surface area contributed by atoms with Gasteiger partial charge in [-0.25, -0.2) is 27.2 Å². The maximum atomic E-state index is 14.4. The number of rotatable bonds is 10. The number of benzene rings is 2. The van der Waals surface area contributed by atoms with Crippen molar-refractivity contribution < 1.29 is 22.7 Å². The average Bonchev–Trinajstić information content (AvgIpc) is 3.99. The number of hydrogen-bond donors (Lipinski definition) is 2. The number of piperazine rings is 1. The number of H-pyrrole nitrogens is 1. The van der Waals surface area contributed by atoms with Crippen LogP contribution in [0.4, 0.5) is 10.7 Å². The van der Waals surface area contributed by atoms with Crippen molar-refractivity contribution in [2.75, 3.05) is 37.6 Å². The van der Waals surface area contributed by atoms with E-state index in [4.69, 9.17) is 25.2 Å². The fraction of sp³-hybridized carbons (Fsp3) is 0.480. The molecule has 3 aromatic heterocycles. The van der Waals surface area contributed by atoms with Crippen LogP contribution in [0.2, 0.25) is 0 Å². The molecule has 2 unspecified atom stereocenters. The second kappa shape index (κ2) is 16.8. The van der Waals surface area contributed by atoms with Gasteiger partial charge >= 0.3 is 6.09 Å². The number of aromatic amines is 1. The van der Waals surface area contributed by atoms with Crippen LogP contribution in [0.5, 0.6) is 0 Å². The van der Waals surface area contributed by atoms with Crippen LogP contribution in [0.3, 0.4) is 0 Å². The summed E-state index contributed by atoms with van der Waals surface area (Å²) in [6.45, 7) is 16.5. The highest BCUT2D eigenvalue weighted by molar-refractivity contribution is 7.91. The second-order valence-electron chi connectivity index (χ2n) is 19.7. The highest BCUT2D eigenvalue weighted by Crippen LogP contribution is 2.44. The number of nitrogens with zero attached hydrogens (tertiary/aromatic N) is 6. The average molecular weight is 903 g/mol. The zero-order valence-corrected chi connectivity index (χ0v) is 39.4. The van der Waals surface area contributed by atoms with Gasteiger partial charge in [-0.15, -0.1) is 0 Å². The maximum Gasteiger partial charge on any atom is 0.410 e. The minimum Gasteiger partial charge on any atom is -0.444 e. The standard InChI is InChI=1S/C50H62N8O6S/c1-32-13-11-12-23-49(32,7)65(61,62)58-26-22-39-41(28-52-45(59)43(39)58)35-16-19-42-40(27-35)44(50(31-51,63-38-17-18-38)36-14-9-8-10-15-36)54-46(53-42)55-24-20-37(21-25-55)56-29-34(3)57(30-33(56)2)47(60)64-48(4,5)6/h8-16,19,22,26-28,33-34,37-38H,17-18,20-21,23-25,29-31,51H2,1-7H3,(H,52,59)/t33-,34+,49?,50?/m0/s1. The summed E-state index contributed by atoms with van der Waals surface area (Å²) < 4.78 is 41.5. The zero-order valence-electron chi connectivity index (χ0n) is 38.6. The third-order valence-corrected chi connectivity index (χ3v) is 16.5. The van der Waals surface area contributed by atoms with E-state index in [0.717, 1.165) is 65.8 Å². The van der Waals surface area contributed by atoms with Crippen LogP contribution in [0.15, 0.2) is 95.6 Å². The molecule has 5 heterocycles. The molecule has 344 valence electrons. The molecule has 0 spiro atoms. The van der Waals surface area contributed by atoms with Crippen molar-refractivity contribution in [2.24, 2.45) is 5.73 Å². The molecular formula is C50H62N8O6S. The van der Waals surface area contributed by atoms with E-state index >= 15 is 0 Å². The van der Waals surface area contributed by atoms with Crippen LogP contribution in [-0.2, 0) is 25.1 Å². The lowest BCUT2D eigenvalue weighted by atomic mass is 9.86. The molecule has 4 aliphatic rings.